The van der Waals surface area contributed by atoms with Crippen molar-refractivity contribution in [3.8, 4) is 0 Å². The maximum atomic E-state index is 4.66. The number of hydrogen-bond acceptors (Lipinski definition) is 5. The van der Waals surface area contributed by atoms with Crippen LogP contribution in [-0.2, 0) is 7.05 Å². The highest BCUT2D eigenvalue weighted by molar-refractivity contribution is 5.89. The van der Waals surface area contributed by atoms with Crippen molar-refractivity contribution < 1.29 is 0 Å². The van der Waals surface area contributed by atoms with E-state index in [1.807, 2.05) is 31.1 Å². The van der Waals surface area contributed by atoms with Gasteiger partial charge in [0.05, 0.1) is 11.6 Å². The molecule has 2 heterocycles. The largest absolute Gasteiger partial charge is 0.344 e. The molecule has 3 aromatic rings. The molecule has 1 aromatic carbocycles. The van der Waals surface area contributed by atoms with Crippen LogP contribution in [0.3, 0.4) is 0 Å². The van der Waals surface area contributed by atoms with Gasteiger partial charge in [0, 0.05) is 26.3 Å². The van der Waals surface area contributed by atoms with Gasteiger partial charge in [-0.2, -0.15) is 15.1 Å². The zero-order chi connectivity index (χ0) is 15.7. The lowest BCUT2D eigenvalue weighted by molar-refractivity contribution is 0.782. The van der Waals surface area contributed by atoms with Crippen LogP contribution < -0.4 is 10.2 Å². The van der Waals surface area contributed by atoms with Gasteiger partial charge in [0.15, 0.2) is 5.65 Å². The van der Waals surface area contributed by atoms with E-state index in [4.69, 9.17) is 0 Å². The Morgan fingerprint density at radius 2 is 2.09 bits per heavy atom. The molecular weight excluding hydrogens is 276 g/mol. The van der Waals surface area contributed by atoms with Gasteiger partial charge in [0.2, 0.25) is 5.95 Å². The van der Waals surface area contributed by atoms with Gasteiger partial charge in [-0.1, -0.05) is 12.1 Å². The van der Waals surface area contributed by atoms with E-state index in [1.165, 1.54) is 5.56 Å². The monoisotopic (exact) mass is 296 g/mol. The van der Waals surface area contributed by atoms with Gasteiger partial charge in [-0.05, 0) is 31.5 Å². The first-order chi connectivity index (χ1) is 10.6. The van der Waals surface area contributed by atoms with Crippen LogP contribution in [0.1, 0.15) is 12.5 Å². The summed E-state index contributed by atoms with van der Waals surface area (Å²) in [5, 5.41) is 8.60. The maximum absolute atomic E-state index is 4.66. The summed E-state index contributed by atoms with van der Waals surface area (Å²) in [6.07, 6.45) is 1.79. The van der Waals surface area contributed by atoms with Crippen LogP contribution in [0.4, 0.5) is 17.5 Å². The van der Waals surface area contributed by atoms with E-state index in [0.717, 1.165) is 29.1 Å². The molecule has 0 aliphatic rings. The predicted octanol–water partition coefficient (Wildman–Crippen LogP) is 2.87. The number of fused-ring (bicyclic) bond motifs is 1. The van der Waals surface area contributed by atoms with Gasteiger partial charge in [0.1, 0.15) is 5.82 Å². The second-order valence-electron chi connectivity index (χ2n) is 5.39. The Balaban J connectivity index is 2.10. The Bertz CT molecular complexity index is 808. The normalized spacial score (nSPS) is 10.9. The fourth-order valence-electron chi connectivity index (χ4n) is 2.28. The van der Waals surface area contributed by atoms with Crippen molar-refractivity contribution in [1.29, 1.82) is 0 Å². The third-order valence-corrected chi connectivity index (χ3v) is 3.68. The first kappa shape index (κ1) is 14.3. The molecule has 3 rings (SSSR count). The lowest BCUT2D eigenvalue weighted by Crippen LogP contribution is -2.19. The van der Waals surface area contributed by atoms with Crippen LogP contribution in [0.2, 0.25) is 0 Å². The highest BCUT2D eigenvalue weighted by atomic mass is 15.3. The molecule has 2 aromatic heterocycles. The van der Waals surface area contributed by atoms with Crippen LogP contribution in [0.15, 0.2) is 30.5 Å². The van der Waals surface area contributed by atoms with Crippen molar-refractivity contribution >= 4 is 28.5 Å². The van der Waals surface area contributed by atoms with Crippen molar-refractivity contribution in [2.45, 2.75) is 13.8 Å². The lowest BCUT2D eigenvalue weighted by Gasteiger charge is -2.16. The molecule has 0 aliphatic heterocycles. The molecule has 0 aliphatic carbocycles. The first-order valence-corrected chi connectivity index (χ1v) is 7.33. The molecule has 0 bridgehead atoms. The van der Waals surface area contributed by atoms with Gasteiger partial charge in [-0.25, -0.2) is 0 Å². The number of anilines is 3. The summed E-state index contributed by atoms with van der Waals surface area (Å²) >= 11 is 0. The number of aryl methyl sites for hydroxylation is 2. The second kappa shape index (κ2) is 5.63. The molecule has 1 N–H and O–H groups in total. The minimum absolute atomic E-state index is 0.689. The SMILES string of the molecule is CCN(C)c1nc(Nc2cccc(C)c2)c2cnn(C)c2n1. The summed E-state index contributed by atoms with van der Waals surface area (Å²) in [7, 11) is 3.87. The maximum Gasteiger partial charge on any atom is 0.229 e. The number of nitrogens with zero attached hydrogens (tertiary/aromatic N) is 5. The number of hydrogen-bond donors (Lipinski definition) is 1. The lowest BCUT2D eigenvalue weighted by atomic mass is 10.2. The fourth-order valence-corrected chi connectivity index (χ4v) is 2.28. The number of nitrogens with one attached hydrogen (secondary N) is 1. The average Bonchev–Trinajstić information content (AvgIpc) is 2.88. The molecule has 0 atom stereocenters. The summed E-state index contributed by atoms with van der Waals surface area (Å²) in [6.45, 7) is 4.98. The third-order valence-electron chi connectivity index (χ3n) is 3.68. The van der Waals surface area contributed by atoms with Crippen LogP contribution >= 0.6 is 0 Å². The second-order valence-corrected chi connectivity index (χ2v) is 5.39. The van der Waals surface area contributed by atoms with E-state index in [9.17, 15) is 0 Å². The molecule has 0 saturated carbocycles. The van der Waals surface area contributed by atoms with Crippen molar-refractivity contribution in [2.75, 3.05) is 23.8 Å². The van der Waals surface area contributed by atoms with Crippen molar-refractivity contribution in [1.82, 2.24) is 19.7 Å². The Hall–Kier alpha value is -2.63. The molecule has 0 spiro atoms. The summed E-state index contributed by atoms with van der Waals surface area (Å²) < 4.78 is 1.77. The van der Waals surface area contributed by atoms with E-state index in [0.29, 0.717) is 5.95 Å². The Labute approximate surface area is 129 Å². The average molecular weight is 296 g/mol. The van der Waals surface area contributed by atoms with Gasteiger partial charge in [0.25, 0.3) is 0 Å². The molecule has 6 nitrogen and oxygen atoms in total. The Kier molecular flexibility index (Phi) is 3.66. The molecular formula is C16H20N6. The Morgan fingerprint density at radius 3 is 2.82 bits per heavy atom. The van der Waals surface area contributed by atoms with Crippen LogP contribution in [-0.4, -0.2) is 33.3 Å². The summed E-state index contributed by atoms with van der Waals surface area (Å²) in [6, 6.07) is 8.22. The quantitative estimate of drug-likeness (QED) is 0.802. The summed E-state index contributed by atoms with van der Waals surface area (Å²) in [4.78, 5) is 11.3. The smallest absolute Gasteiger partial charge is 0.229 e. The van der Waals surface area contributed by atoms with Crippen molar-refractivity contribution in [3.05, 3.63) is 36.0 Å². The zero-order valence-electron chi connectivity index (χ0n) is 13.3. The topological polar surface area (TPSA) is 58.9 Å². The molecule has 22 heavy (non-hydrogen) atoms. The van der Waals surface area contributed by atoms with E-state index < -0.39 is 0 Å². The molecule has 0 amide bonds. The minimum Gasteiger partial charge on any atom is -0.344 e. The number of aromatic nitrogens is 4. The van der Waals surface area contributed by atoms with E-state index >= 15 is 0 Å². The number of benzene rings is 1. The van der Waals surface area contributed by atoms with Gasteiger partial charge >= 0.3 is 0 Å². The minimum atomic E-state index is 0.689. The summed E-state index contributed by atoms with van der Waals surface area (Å²) in [5.41, 5.74) is 3.03. The summed E-state index contributed by atoms with van der Waals surface area (Å²) in [5.74, 6) is 1.47. The van der Waals surface area contributed by atoms with Gasteiger partial charge in [-0.3, -0.25) is 4.68 Å². The van der Waals surface area contributed by atoms with Crippen molar-refractivity contribution in [3.63, 3.8) is 0 Å². The van der Waals surface area contributed by atoms with Crippen LogP contribution in [0.25, 0.3) is 11.0 Å². The molecule has 0 saturated heterocycles. The Morgan fingerprint density at radius 1 is 1.27 bits per heavy atom. The molecule has 114 valence electrons. The van der Waals surface area contributed by atoms with E-state index in [1.54, 1.807) is 10.9 Å². The molecule has 0 fully saturated rings. The highest BCUT2D eigenvalue weighted by Crippen LogP contribution is 2.26. The molecule has 6 heteroatoms. The molecule has 0 radical (unpaired) electrons. The van der Waals surface area contributed by atoms with E-state index in [-0.39, 0.29) is 0 Å². The van der Waals surface area contributed by atoms with Crippen molar-refractivity contribution in [2.24, 2.45) is 7.05 Å². The predicted molar refractivity (Wildman–Crippen MR) is 89.7 cm³/mol. The van der Waals surface area contributed by atoms with Crippen LogP contribution in [0.5, 0.6) is 0 Å². The standard InChI is InChI=1S/C16H20N6/c1-5-21(3)16-19-14(13-10-17-22(4)15(13)20-16)18-12-8-6-7-11(2)9-12/h6-10H,5H2,1-4H3,(H,18,19,20). The van der Waals surface area contributed by atoms with Crippen LogP contribution in [0, 0.1) is 6.92 Å². The van der Waals surface area contributed by atoms with E-state index in [2.05, 4.69) is 46.4 Å². The fraction of sp³-hybridized carbons (Fsp3) is 0.312. The highest BCUT2D eigenvalue weighted by Gasteiger charge is 2.13. The molecule has 0 unspecified atom stereocenters. The first-order valence-electron chi connectivity index (χ1n) is 7.33. The van der Waals surface area contributed by atoms with Gasteiger partial charge < -0.3 is 10.2 Å². The van der Waals surface area contributed by atoms with Gasteiger partial charge in [-0.15, -0.1) is 0 Å². The zero-order valence-corrected chi connectivity index (χ0v) is 13.3. The number of rotatable bonds is 4. The third kappa shape index (κ3) is 2.59.